The number of carbonyl (C=O) groups is 1. The molecule has 0 aliphatic carbocycles. The highest BCUT2D eigenvalue weighted by molar-refractivity contribution is 5.90. The first-order chi connectivity index (χ1) is 15.6. The second kappa shape index (κ2) is 9.09. The Morgan fingerprint density at radius 1 is 1.18 bits per heavy atom. The van der Waals surface area contributed by atoms with E-state index in [2.05, 4.69) is 11.1 Å². The third-order valence-corrected chi connectivity index (χ3v) is 6.38. The highest BCUT2D eigenvalue weighted by atomic mass is 19.4. The van der Waals surface area contributed by atoms with Crippen LogP contribution >= 0.6 is 0 Å². The molecule has 0 bridgehead atoms. The summed E-state index contributed by atoms with van der Waals surface area (Å²) in [5.74, 6) is -0.433. The number of halogens is 3. The zero-order valence-corrected chi connectivity index (χ0v) is 18.6. The standard InChI is InChI=1S/C25H27F3N2O3/c1-15-13-16(2)23(19-7-10-29-22(15)19)33-21-8-11-30(12-9-25(26,27)28)14-20(21)17-3-5-18(6-4-17)24(31)32/h3-7,10,13,20-21,29H,8-9,11-12,14H2,1-2H3,(H,31,32)/t20-,21+/m0/s1. The van der Waals surface area contributed by atoms with Crippen molar-refractivity contribution in [3.63, 3.8) is 0 Å². The number of aryl methyl sites for hydroxylation is 2. The number of aromatic amines is 1. The van der Waals surface area contributed by atoms with Crippen molar-refractivity contribution >= 4 is 16.9 Å². The van der Waals surface area contributed by atoms with E-state index in [0.717, 1.165) is 33.3 Å². The van der Waals surface area contributed by atoms with Gasteiger partial charge >= 0.3 is 12.1 Å². The third-order valence-electron chi connectivity index (χ3n) is 6.38. The van der Waals surface area contributed by atoms with Crippen molar-refractivity contribution in [2.75, 3.05) is 19.6 Å². The molecule has 1 fully saturated rings. The quantitative estimate of drug-likeness (QED) is 0.497. The Hall–Kier alpha value is -3.00. The molecule has 4 rings (SSSR count). The van der Waals surface area contributed by atoms with Crippen LogP contribution in [0.4, 0.5) is 13.2 Å². The molecule has 3 aromatic rings. The molecule has 0 amide bonds. The Kier molecular flexibility index (Phi) is 6.38. The van der Waals surface area contributed by atoms with Gasteiger partial charge in [0.1, 0.15) is 11.9 Å². The molecule has 1 aromatic heterocycles. The number of rotatable bonds is 6. The molecule has 2 aromatic carbocycles. The number of hydrogen-bond acceptors (Lipinski definition) is 3. The minimum Gasteiger partial charge on any atom is -0.489 e. The first-order valence-electron chi connectivity index (χ1n) is 11.0. The van der Waals surface area contributed by atoms with E-state index in [1.165, 1.54) is 12.1 Å². The number of carboxylic acids is 1. The molecule has 1 saturated heterocycles. The van der Waals surface area contributed by atoms with E-state index in [-0.39, 0.29) is 24.1 Å². The molecule has 0 unspecified atom stereocenters. The Balaban J connectivity index is 1.63. The minimum atomic E-state index is -4.20. The number of aromatic carboxylic acids is 1. The lowest BCUT2D eigenvalue weighted by Crippen LogP contribution is -2.45. The van der Waals surface area contributed by atoms with E-state index in [4.69, 9.17) is 4.74 Å². The van der Waals surface area contributed by atoms with Crippen molar-refractivity contribution in [3.05, 3.63) is 64.8 Å². The number of piperidine rings is 1. The van der Waals surface area contributed by atoms with Gasteiger partial charge in [0.25, 0.3) is 0 Å². The topological polar surface area (TPSA) is 65.6 Å². The first-order valence-corrected chi connectivity index (χ1v) is 11.0. The normalized spacial score (nSPS) is 19.7. The monoisotopic (exact) mass is 460 g/mol. The van der Waals surface area contributed by atoms with Crippen molar-refractivity contribution in [2.45, 2.75) is 44.9 Å². The number of aromatic nitrogens is 1. The predicted molar refractivity (Wildman–Crippen MR) is 120 cm³/mol. The highest BCUT2D eigenvalue weighted by Crippen LogP contribution is 2.37. The molecular formula is C25H27F3N2O3. The number of ether oxygens (including phenoxy) is 1. The van der Waals surface area contributed by atoms with Gasteiger partial charge in [-0.3, -0.25) is 0 Å². The van der Waals surface area contributed by atoms with Crippen LogP contribution in [0, 0.1) is 13.8 Å². The van der Waals surface area contributed by atoms with E-state index in [1.807, 2.05) is 31.0 Å². The molecule has 1 aliphatic rings. The number of hydrogen-bond donors (Lipinski definition) is 2. The summed E-state index contributed by atoms with van der Waals surface area (Å²) in [6.45, 7) is 4.87. The number of nitrogens with one attached hydrogen (secondary N) is 1. The zero-order chi connectivity index (χ0) is 23.8. The summed E-state index contributed by atoms with van der Waals surface area (Å²) in [7, 11) is 0. The Morgan fingerprint density at radius 2 is 1.91 bits per heavy atom. The summed E-state index contributed by atoms with van der Waals surface area (Å²) in [6, 6.07) is 10.6. The van der Waals surface area contributed by atoms with Crippen LogP contribution < -0.4 is 4.74 Å². The molecule has 33 heavy (non-hydrogen) atoms. The van der Waals surface area contributed by atoms with E-state index in [9.17, 15) is 23.1 Å². The second-order valence-corrected chi connectivity index (χ2v) is 8.75. The summed E-state index contributed by atoms with van der Waals surface area (Å²) in [5, 5.41) is 10.2. The average Bonchev–Trinajstić information content (AvgIpc) is 3.25. The molecule has 176 valence electrons. The molecular weight excluding hydrogens is 433 g/mol. The maximum Gasteiger partial charge on any atom is 0.390 e. The Bertz CT molecular complexity index is 1140. The van der Waals surface area contributed by atoms with Crippen LogP contribution in [0.25, 0.3) is 10.9 Å². The fourth-order valence-corrected chi connectivity index (χ4v) is 4.69. The van der Waals surface area contributed by atoms with Crippen LogP contribution in [0.3, 0.4) is 0 Å². The lowest BCUT2D eigenvalue weighted by Gasteiger charge is -2.39. The van der Waals surface area contributed by atoms with Crippen LogP contribution in [-0.2, 0) is 0 Å². The molecule has 0 spiro atoms. The summed E-state index contributed by atoms with van der Waals surface area (Å²) >= 11 is 0. The summed E-state index contributed by atoms with van der Waals surface area (Å²) < 4.78 is 45.0. The van der Waals surface area contributed by atoms with Crippen LogP contribution in [0.1, 0.15) is 45.8 Å². The number of fused-ring (bicyclic) bond motifs is 1. The summed E-state index contributed by atoms with van der Waals surface area (Å²) in [4.78, 5) is 16.3. The number of carboxylic acid groups (broad SMARTS) is 1. The van der Waals surface area contributed by atoms with Gasteiger partial charge in [-0.05, 0) is 55.2 Å². The fourth-order valence-electron chi connectivity index (χ4n) is 4.69. The maximum absolute atomic E-state index is 12.8. The zero-order valence-electron chi connectivity index (χ0n) is 18.6. The van der Waals surface area contributed by atoms with E-state index >= 15 is 0 Å². The first kappa shape index (κ1) is 23.2. The van der Waals surface area contributed by atoms with E-state index in [0.29, 0.717) is 19.5 Å². The number of H-pyrrole nitrogens is 1. The Morgan fingerprint density at radius 3 is 2.58 bits per heavy atom. The second-order valence-electron chi connectivity index (χ2n) is 8.75. The van der Waals surface area contributed by atoms with Gasteiger partial charge in [-0.15, -0.1) is 0 Å². The highest BCUT2D eigenvalue weighted by Gasteiger charge is 2.35. The van der Waals surface area contributed by atoms with Crippen molar-refractivity contribution in [1.82, 2.24) is 9.88 Å². The molecule has 2 heterocycles. The third kappa shape index (κ3) is 5.16. The Labute approximate surface area is 190 Å². The lowest BCUT2D eigenvalue weighted by atomic mass is 9.87. The molecule has 5 nitrogen and oxygen atoms in total. The van der Waals surface area contributed by atoms with Gasteiger partial charge in [-0.2, -0.15) is 13.2 Å². The number of nitrogens with zero attached hydrogens (tertiary/aromatic N) is 1. The smallest absolute Gasteiger partial charge is 0.390 e. The van der Waals surface area contributed by atoms with Crippen LogP contribution in [-0.4, -0.2) is 52.9 Å². The van der Waals surface area contributed by atoms with Crippen LogP contribution in [0.2, 0.25) is 0 Å². The van der Waals surface area contributed by atoms with Crippen LogP contribution in [0.15, 0.2) is 42.6 Å². The van der Waals surface area contributed by atoms with Crippen molar-refractivity contribution in [1.29, 1.82) is 0 Å². The molecule has 0 radical (unpaired) electrons. The van der Waals surface area contributed by atoms with Gasteiger partial charge in [-0.25, -0.2) is 4.79 Å². The fraction of sp³-hybridized carbons (Fsp3) is 0.400. The SMILES string of the molecule is Cc1cc(C)c2[nH]ccc2c1O[C@@H]1CCN(CCC(F)(F)F)C[C@H]1c1ccc(C(=O)O)cc1. The predicted octanol–water partition coefficient (Wildman–Crippen LogP) is 5.67. The molecule has 1 aliphatic heterocycles. The average molecular weight is 460 g/mol. The van der Waals surface area contributed by atoms with E-state index in [1.54, 1.807) is 12.1 Å². The van der Waals surface area contributed by atoms with Gasteiger partial charge in [-0.1, -0.05) is 18.2 Å². The van der Waals surface area contributed by atoms with Crippen molar-refractivity contribution in [3.8, 4) is 5.75 Å². The van der Waals surface area contributed by atoms with Gasteiger partial charge < -0.3 is 19.7 Å². The summed E-state index contributed by atoms with van der Waals surface area (Å²) in [6.07, 6.45) is -2.87. The number of alkyl halides is 3. The summed E-state index contributed by atoms with van der Waals surface area (Å²) in [5.41, 5.74) is 4.14. The maximum atomic E-state index is 12.8. The van der Waals surface area contributed by atoms with Gasteiger partial charge in [0.2, 0.25) is 0 Å². The number of benzene rings is 2. The largest absolute Gasteiger partial charge is 0.489 e. The lowest BCUT2D eigenvalue weighted by molar-refractivity contribution is -0.139. The van der Waals surface area contributed by atoms with Gasteiger partial charge in [0, 0.05) is 37.1 Å². The molecule has 2 atom stereocenters. The number of likely N-dealkylation sites (tertiary alicyclic amines) is 1. The molecule has 2 N–H and O–H groups in total. The molecule has 0 saturated carbocycles. The van der Waals surface area contributed by atoms with Crippen molar-refractivity contribution < 1.29 is 27.8 Å². The minimum absolute atomic E-state index is 0.0639. The van der Waals surface area contributed by atoms with E-state index < -0.39 is 18.6 Å². The van der Waals surface area contributed by atoms with Crippen LogP contribution in [0.5, 0.6) is 5.75 Å². The van der Waals surface area contributed by atoms with Gasteiger partial charge in [0.05, 0.1) is 17.5 Å². The van der Waals surface area contributed by atoms with Gasteiger partial charge in [0.15, 0.2) is 0 Å². The van der Waals surface area contributed by atoms with Crippen molar-refractivity contribution in [2.24, 2.45) is 0 Å². The molecule has 8 heteroatoms.